The van der Waals surface area contributed by atoms with Crippen molar-refractivity contribution < 1.29 is 4.79 Å². The van der Waals surface area contributed by atoms with Crippen LogP contribution < -0.4 is 15.5 Å². The molecule has 2 N–H and O–H groups in total. The summed E-state index contributed by atoms with van der Waals surface area (Å²) in [6.07, 6.45) is 6.07. The molecule has 2 amide bonds. The molecule has 1 aromatic carbocycles. The number of rotatable bonds is 4. The van der Waals surface area contributed by atoms with Gasteiger partial charge in [-0.25, -0.2) is 14.5 Å². The van der Waals surface area contributed by atoms with Crippen LogP contribution >= 0.6 is 0 Å². The first-order chi connectivity index (χ1) is 12.8. The second-order valence-corrected chi connectivity index (χ2v) is 6.22. The minimum Gasteiger partial charge on any atom is -0.369 e. The molecule has 7 nitrogen and oxygen atoms in total. The zero-order valence-corrected chi connectivity index (χ0v) is 14.2. The van der Waals surface area contributed by atoms with Crippen molar-refractivity contribution in [3.8, 4) is 5.82 Å². The fourth-order valence-electron chi connectivity index (χ4n) is 3.10. The topological polar surface area (TPSA) is 75.1 Å². The van der Waals surface area contributed by atoms with Crippen molar-refractivity contribution in [2.24, 2.45) is 0 Å². The van der Waals surface area contributed by atoms with Crippen molar-refractivity contribution in [3.05, 3.63) is 67.1 Å². The standard InChI is InChI=1S/C19H20N6O/c26-19(22-15-7-8-18(20-13-15)25-11-4-10-21-25)23-16-9-12-24(14-16)17-5-2-1-3-6-17/h1-8,10-11,13,16H,9,12,14H2,(H2,22,23,26)/t16-/m0/s1. The molecule has 1 fully saturated rings. The highest BCUT2D eigenvalue weighted by Crippen LogP contribution is 2.19. The van der Waals surface area contributed by atoms with Crippen molar-refractivity contribution in [2.45, 2.75) is 12.5 Å². The Balaban J connectivity index is 1.30. The van der Waals surface area contributed by atoms with Crippen molar-refractivity contribution in [1.29, 1.82) is 0 Å². The van der Waals surface area contributed by atoms with Crippen LogP contribution in [0.2, 0.25) is 0 Å². The van der Waals surface area contributed by atoms with Gasteiger partial charge in [-0.15, -0.1) is 0 Å². The Morgan fingerprint density at radius 1 is 1.12 bits per heavy atom. The highest BCUT2D eigenvalue weighted by atomic mass is 16.2. The predicted molar refractivity (Wildman–Crippen MR) is 101 cm³/mol. The van der Waals surface area contributed by atoms with Crippen LogP contribution in [0.15, 0.2) is 67.1 Å². The molecular formula is C19H20N6O. The van der Waals surface area contributed by atoms with Gasteiger partial charge in [-0.3, -0.25) is 0 Å². The summed E-state index contributed by atoms with van der Waals surface area (Å²) in [5.41, 5.74) is 1.84. The third-order valence-corrected chi connectivity index (χ3v) is 4.39. The Hall–Kier alpha value is -3.35. The minimum atomic E-state index is -0.210. The second-order valence-electron chi connectivity index (χ2n) is 6.22. The van der Waals surface area contributed by atoms with E-state index < -0.39 is 0 Å². The largest absolute Gasteiger partial charge is 0.369 e. The van der Waals surface area contributed by atoms with Crippen LogP contribution in [-0.4, -0.2) is 39.9 Å². The quantitative estimate of drug-likeness (QED) is 0.760. The molecule has 0 unspecified atom stereocenters. The van der Waals surface area contributed by atoms with Crippen LogP contribution in [0.1, 0.15) is 6.42 Å². The van der Waals surface area contributed by atoms with Gasteiger partial charge in [0.1, 0.15) is 0 Å². The monoisotopic (exact) mass is 348 g/mol. The van der Waals surface area contributed by atoms with Gasteiger partial charge in [0, 0.05) is 37.2 Å². The summed E-state index contributed by atoms with van der Waals surface area (Å²) in [6, 6.07) is 15.6. The number of anilines is 2. The minimum absolute atomic E-state index is 0.131. The van der Waals surface area contributed by atoms with Gasteiger partial charge >= 0.3 is 6.03 Å². The number of carbonyl (C=O) groups is 1. The summed E-state index contributed by atoms with van der Waals surface area (Å²) in [6.45, 7) is 1.75. The lowest BCUT2D eigenvalue weighted by molar-refractivity contribution is 0.249. The molecule has 1 aliphatic heterocycles. The summed E-state index contributed by atoms with van der Waals surface area (Å²) >= 11 is 0. The lowest BCUT2D eigenvalue weighted by atomic mass is 10.3. The van der Waals surface area contributed by atoms with Crippen molar-refractivity contribution in [1.82, 2.24) is 20.1 Å². The van der Waals surface area contributed by atoms with E-state index >= 15 is 0 Å². The number of para-hydroxylation sites is 1. The molecule has 0 saturated carbocycles. The molecule has 3 aromatic rings. The molecule has 0 radical (unpaired) electrons. The molecule has 7 heteroatoms. The Labute approximate surface area is 151 Å². The molecule has 3 heterocycles. The fourth-order valence-corrected chi connectivity index (χ4v) is 3.10. The summed E-state index contributed by atoms with van der Waals surface area (Å²) in [4.78, 5) is 18.8. The SMILES string of the molecule is O=C(Nc1ccc(-n2cccn2)nc1)N[C@H]1CCN(c2ccccc2)C1. The molecule has 132 valence electrons. The van der Waals surface area contributed by atoms with Crippen LogP contribution in [-0.2, 0) is 0 Å². The first-order valence-electron chi connectivity index (χ1n) is 8.61. The number of hydrogen-bond donors (Lipinski definition) is 2. The number of benzene rings is 1. The van der Waals surface area contributed by atoms with Gasteiger partial charge in [-0.05, 0) is 36.8 Å². The van der Waals surface area contributed by atoms with Gasteiger partial charge in [0.2, 0.25) is 0 Å². The van der Waals surface area contributed by atoms with Gasteiger partial charge in [-0.2, -0.15) is 5.10 Å². The molecular weight excluding hydrogens is 328 g/mol. The molecule has 0 aliphatic carbocycles. The predicted octanol–water partition coefficient (Wildman–Crippen LogP) is 2.67. The fraction of sp³-hybridized carbons (Fsp3) is 0.211. The van der Waals surface area contributed by atoms with E-state index in [1.165, 1.54) is 5.69 Å². The Bertz CT molecular complexity index is 848. The average molecular weight is 348 g/mol. The summed E-state index contributed by atoms with van der Waals surface area (Å²) in [7, 11) is 0. The summed E-state index contributed by atoms with van der Waals surface area (Å²) < 4.78 is 1.67. The molecule has 4 rings (SSSR count). The normalized spacial score (nSPS) is 16.5. The highest BCUT2D eigenvalue weighted by Gasteiger charge is 2.23. The lowest BCUT2D eigenvalue weighted by Gasteiger charge is -2.19. The number of amides is 2. The molecule has 1 aliphatic rings. The Morgan fingerprint density at radius 2 is 2.00 bits per heavy atom. The van der Waals surface area contributed by atoms with Gasteiger partial charge in [-0.1, -0.05) is 18.2 Å². The highest BCUT2D eigenvalue weighted by molar-refractivity contribution is 5.89. The molecule has 2 aromatic heterocycles. The van der Waals surface area contributed by atoms with Crippen LogP contribution in [0.4, 0.5) is 16.2 Å². The number of hydrogen-bond acceptors (Lipinski definition) is 4. The van der Waals surface area contributed by atoms with Crippen LogP contribution in [0.3, 0.4) is 0 Å². The van der Waals surface area contributed by atoms with E-state index in [-0.39, 0.29) is 12.1 Å². The Morgan fingerprint density at radius 3 is 2.73 bits per heavy atom. The van der Waals surface area contributed by atoms with Gasteiger partial charge < -0.3 is 15.5 Å². The number of nitrogens with one attached hydrogen (secondary N) is 2. The van der Waals surface area contributed by atoms with E-state index in [1.54, 1.807) is 17.1 Å². The number of urea groups is 1. The molecule has 0 bridgehead atoms. The van der Waals surface area contributed by atoms with Crippen molar-refractivity contribution in [3.63, 3.8) is 0 Å². The summed E-state index contributed by atoms with van der Waals surface area (Å²) in [5.74, 6) is 0.704. The Kier molecular flexibility index (Phi) is 4.51. The summed E-state index contributed by atoms with van der Waals surface area (Å²) in [5, 5.41) is 9.99. The number of carbonyl (C=O) groups excluding carboxylic acids is 1. The maximum atomic E-state index is 12.2. The lowest BCUT2D eigenvalue weighted by Crippen LogP contribution is -2.39. The molecule has 1 saturated heterocycles. The number of nitrogens with zero attached hydrogens (tertiary/aromatic N) is 4. The van der Waals surface area contributed by atoms with E-state index in [2.05, 4.69) is 37.7 Å². The van der Waals surface area contributed by atoms with Crippen molar-refractivity contribution in [2.75, 3.05) is 23.3 Å². The first-order valence-corrected chi connectivity index (χ1v) is 8.61. The van der Waals surface area contributed by atoms with Crippen LogP contribution in [0, 0.1) is 0 Å². The second kappa shape index (κ2) is 7.26. The third kappa shape index (κ3) is 3.66. The van der Waals surface area contributed by atoms with E-state index in [0.717, 1.165) is 19.5 Å². The van der Waals surface area contributed by atoms with Gasteiger partial charge in [0.25, 0.3) is 0 Å². The van der Waals surface area contributed by atoms with Crippen LogP contribution in [0.5, 0.6) is 0 Å². The van der Waals surface area contributed by atoms with E-state index in [4.69, 9.17) is 0 Å². The molecule has 26 heavy (non-hydrogen) atoms. The first kappa shape index (κ1) is 16.1. The van der Waals surface area contributed by atoms with Gasteiger partial charge in [0.15, 0.2) is 5.82 Å². The van der Waals surface area contributed by atoms with E-state index in [0.29, 0.717) is 11.5 Å². The molecule has 1 atom stereocenters. The average Bonchev–Trinajstić information content (AvgIpc) is 3.35. The zero-order chi connectivity index (χ0) is 17.8. The van der Waals surface area contributed by atoms with Gasteiger partial charge in [0.05, 0.1) is 11.9 Å². The number of aromatic nitrogens is 3. The van der Waals surface area contributed by atoms with E-state index in [1.807, 2.05) is 42.6 Å². The molecule has 0 spiro atoms. The smallest absolute Gasteiger partial charge is 0.319 e. The maximum absolute atomic E-state index is 12.2. The van der Waals surface area contributed by atoms with E-state index in [9.17, 15) is 4.79 Å². The number of pyridine rings is 1. The van der Waals surface area contributed by atoms with Crippen molar-refractivity contribution >= 4 is 17.4 Å². The third-order valence-electron chi connectivity index (χ3n) is 4.39. The van der Waals surface area contributed by atoms with Crippen LogP contribution in [0.25, 0.3) is 5.82 Å². The zero-order valence-electron chi connectivity index (χ0n) is 14.2. The maximum Gasteiger partial charge on any atom is 0.319 e.